The molecule has 2 heterocycles. The van der Waals surface area contributed by atoms with Crippen molar-refractivity contribution in [2.75, 3.05) is 19.8 Å². The van der Waals surface area contributed by atoms with Crippen molar-refractivity contribution < 1.29 is 14.6 Å². The van der Waals surface area contributed by atoms with E-state index in [0.29, 0.717) is 23.6 Å². The summed E-state index contributed by atoms with van der Waals surface area (Å²) in [5.41, 5.74) is 13.7. The van der Waals surface area contributed by atoms with Crippen molar-refractivity contribution in [1.82, 2.24) is 19.9 Å². The van der Waals surface area contributed by atoms with Gasteiger partial charge in [0, 0.05) is 35.8 Å². The van der Waals surface area contributed by atoms with E-state index in [1.54, 1.807) is 18.3 Å². The van der Waals surface area contributed by atoms with Crippen molar-refractivity contribution in [3.05, 3.63) is 76.8 Å². The molecule has 4 aromatic rings. The van der Waals surface area contributed by atoms with Crippen LogP contribution in [0.4, 0.5) is 0 Å². The number of carbonyl (C=O) groups is 1. The molecule has 0 bridgehead atoms. The van der Waals surface area contributed by atoms with Gasteiger partial charge in [0.15, 0.2) is 5.96 Å². The van der Waals surface area contributed by atoms with Gasteiger partial charge in [0.1, 0.15) is 18.0 Å². The number of aliphatic hydroxyl groups is 1. The van der Waals surface area contributed by atoms with Gasteiger partial charge >= 0.3 is 5.69 Å². The molecule has 0 aliphatic carbocycles. The summed E-state index contributed by atoms with van der Waals surface area (Å²) >= 11 is 0. The highest BCUT2D eigenvalue weighted by Crippen LogP contribution is 2.26. The van der Waals surface area contributed by atoms with E-state index in [0.717, 1.165) is 22.2 Å². The standard InChI is InChI=1S/C25H27N7O4/c26-24(27)28-9-8-22(34)29-14-16-4-6-19(7-5-16)32-15-18-13-21(30-23(18)31-25(32)35)17-2-1-3-20(12-17)36-11-10-33/h1-7,12-13,15,33H,8-11,14H2,(H,29,34)(H4,26,27,28)(H,30,31,35). The van der Waals surface area contributed by atoms with Crippen molar-refractivity contribution in [2.45, 2.75) is 13.0 Å². The number of amides is 1. The fourth-order valence-corrected chi connectivity index (χ4v) is 3.60. The lowest BCUT2D eigenvalue weighted by molar-refractivity contribution is -0.121. The molecule has 0 spiro atoms. The van der Waals surface area contributed by atoms with Gasteiger partial charge in [-0.15, -0.1) is 0 Å². The lowest BCUT2D eigenvalue weighted by Gasteiger charge is -2.08. The molecular formula is C25H27N7O4. The molecule has 0 aliphatic heterocycles. The smallest absolute Gasteiger partial charge is 0.354 e. The first-order chi connectivity index (χ1) is 17.4. The number of nitrogens with two attached hydrogens (primary N) is 2. The Morgan fingerprint density at radius 3 is 2.72 bits per heavy atom. The molecule has 4 rings (SSSR count). The zero-order valence-corrected chi connectivity index (χ0v) is 19.5. The van der Waals surface area contributed by atoms with Crippen LogP contribution in [0.1, 0.15) is 12.0 Å². The van der Waals surface area contributed by atoms with Crippen molar-refractivity contribution in [3.63, 3.8) is 0 Å². The fourth-order valence-electron chi connectivity index (χ4n) is 3.60. The van der Waals surface area contributed by atoms with Crippen LogP contribution in [0.2, 0.25) is 0 Å². The summed E-state index contributed by atoms with van der Waals surface area (Å²) in [4.78, 5) is 35.8. The van der Waals surface area contributed by atoms with Crippen LogP contribution in [-0.2, 0) is 11.3 Å². The van der Waals surface area contributed by atoms with Gasteiger partial charge in [-0.2, -0.15) is 4.98 Å². The predicted molar refractivity (Wildman–Crippen MR) is 137 cm³/mol. The Hall–Kier alpha value is -4.64. The summed E-state index contributed by atoms with van der Waals surface area (Å²) in [6, 6.07) is 16.6. The number of ether oxygens (including phenoxy) is 1. The Bertz CT molecular complexity index is 1440. The molecule has 11 nitrogen and oxygen atoms in total. The van der Waals surface area contributed by atoms with Crippen LogP contribution in [-0.4, -0.2) is 51.3 Å². The molecule has 11 heteroatoms. The number of nitrogens with zero attached hydrogens (tertiary/aromatic N) is 3. The minimum Gasteiger partial charge on any atom is -0.491 e. The number of guanidine groups is 1. The largest absolute Gasteiger partial charge is 0.491 e. The summed E-state index contributed by atoms with van der Waals surface area (Å²) in [7, 11) is 0. The van der Waals surface area contributed by atoms with Crippen molar-refractivity contribution in [3.8, 4) is 22.7 Å². The number of aliphatic imine (C=N–C) groups is 1. The maximum Gasteiger partial charge on any atom is 0.354 e. The third-order valence-electron chi connectivity index (χ3n) is 5.35. The Kier molecular flexibility index (Phi) is 7.61. The number of aromatic nitrogens is 3. The molecule has 0 saturated carbocycles. The van der Waals surface area contributed by atoms with Gasteiger partial charge in [0.05, 0.1) is 18.8 Å². The molecule has 0 saturated heterocycles. The summed E-state index contributed by atoms with van der Waals surface area (Å²) in [6.07, 6.45) is 1.92. The summed E-state index contributed by atoms with van der Waals surface area (Å²) in [5, 5.41) is 12.5. The Morgan fingerprint density at radius 2 is 1.97 bits per heavy atom. The first-order valence-electron chi connectivity index (χ1n) is 11.3. The van der Waals surface area contributed by atoms with E-state index in [-0.39, 0.29) is 38.0 Å². The monoisotopic (exact) mass is 489 g/mol. The molecule has 1 amide bonds. The van der Waals surface area contributed by atoms with E-state index in [1.807, 2.05) is 42.5 Å². The van der Waals surface area contributed by atoms with Gasteiger partial charge in [-0.05, 0) is 35.9 Å². The highest BCUT2D eigenvalue weighted by atomic mass is 16.5. The average molecular weight is 490 g/mol. The maximum absolute atomic E-state index is 12.7. The fraction of sp³-hybridized carbons (Fsp3) is 0.200. The number of benzene rings is 2. The zero-order chi connectivity index (χ0) is 25.5. The molecular weight excluding hydrogens is 462 g/mol. The van der Waals surface area contributed by atoms with Gasteiger partial charge in [-0.3, -0.25) is 14.4 Å². The van der Waals surface area contributed by atoms with Crippen molar-refractivity contribution >= 4 is 22.9 Å². The molecule has 36 heavy (non-hydrogen) atoms. The highest BCUT2D eigenvalue weighted by Gasteiger charge is 2.10. The minimum absolute atomic E-state index is 0.0461. The second-order valence-electron chi connectivity index (χ2n) is 7.98. The summed E-state index contributed by atoms with van der Waals surface area (Å²) < 4.78 is 6.95. The second kappa shape index (κ2) is 11.2. The van der Waals surface area contributed by atoms with E-state index in [1.165, 1.54) is 4.57 Å². The topological polar surface area (TPSA) is 174 Å². The van der Waals surface area contributed by atoms with Crippen LogP contribution in [0.5, 0.6) is 5.75 Å². The van der Waals surface area contributed by atoms with E-state index in [9.17, 15) is 9.59 Å². The predicted octanol–water partition coefficient (Wildman–Crippen LogP) is 1.03. The quantitative estimate of drug-likeness (QED) is 0.163. The maximum atomic E-state index is 12.7. The Balaban J connectivity index is 1.48. The third-order valence-corrected chi connectivity index (χ3v) is 5.35. The molecule has 0 aliphatic rings. The number of hydrogen-bond donors (Lipinski definition) is 5. The molecule has 0 radical (unpaired) electrons. The summed E-state index contributed by atoms with van der Waals surface area (Å²) in [5.74, 6) is 0.428. The normalized spacial score (nSPS) is 10.8. The Morgan fingerprint density at radius 1 is 1.17 bits per heavy atom. The summed E-state index contributed by atoms with van der Waals surface area (Å²) in [6.45, 7) is 0.718. The van der Waals surface area contributed by atoms with E-state index in [2.05, 4.69) is 20.3 Å². The van der Waals surface area contributed by atoms with Crippen LogP contribution in [0.3, 0.4) is 0 Å². The highest BCUT2D eigenvalue weighted by molar-refractivity contribution is 5.82. The van der Waals surface area contributed by atoms with Crippen LogP contribution in [0.25, 0.3) is 28.0 Å². The molecule has 0 fully saturated rings. The average Bonchev–Trinajstić information content (AvgIpc) is 3.29. The van der Waals surface area contributed by atoms with Crippen LogP contribution in [0, 0.1) is 0 Å². The van der Waals surface area contributed by atoms with E-state index in [4.69, 9.17) is 21.3 Å². The van der Waals surface area contributed by atoms with Crippen molar-refractivity contribution in [1.29, 1.82) is 0 Å². The van der Waals surface area contributed by atoms with Gasteiger partial charge in [-0.25, -0.2) is 4.79 Å². The van der Waals surface area contributed by atoms with Crippen LogP contribution < -0.4 is 27.2 Å². The number of carbonyl (C=O) groups excluding carboxylic acids is 1. The molecule has 0 atom stereocenters. The van der Waals surface area contributed by atoms with Crippen LogP contribution >= 0.6 is 0 Å². The molecule has 2 aromatic heterocycles. The minimum atomic E-state index is -0.420. The third kappa shape index (κ3) is 6.07. The molecule has 7 N–H and O–H groups in total. The number of H-pyrrole nitrogens is 1. The van der Waals surface area contributed by atoms with Gasteiger partial charge in [0.25, 0.3) is 0 Å². The van der Waals surface area contributed by atoms with E-state index < -0.39 is 5.69 Å². The number of nitrogens with one attached hydrogen (secondary N) is 2. The van der Waals surface area contributed by atoms with Gasteiger partial charge < -0.3 is 31.6 Å². The first kappa shape index (κ1) is 24.5. The molecule has 0 unspecified atom stereocenters. The number of aromatic amines is 1. The van der Waals surface area contributed by atoms with Crippen LogP contribution in [0.15, 0.2) is 70.6 Å². The van der Waals surface area contributed by atoms with Gasteiger partial charge in [-0.1, -0.05) is 24.3 Å². The number of aliphatic hydroxyl groups excluding tert-OH is 1. The van der Waals surface area contributed by atoms with Crippen molar-refractivity contribution in [2.24, 2.45) is 16.5 Å². The second-order valence-corrected chi connectivity index (χ2v) is 7.98. The molecule has 186 valence electrons. The lowest BCUT2D eigenvalue weighted by atomic mass is 10.1. The lowest BCUT2D eigenvalue weighted by Crippen LogP contribution is -2.26. The first-order valence-corrected chi connectivity index (χ1v) is 11.3. The SMILES string of the molecule is NC(N)=NCCC(=O)NCc1ccc(-n2cc3cc(-c4cccc(OCCO)c4)[nH]c3nc2=O)cc1. The number of fused-ring (bicyclic) bond motifs is 1. The number of rotatable bonds is 10. The molecule has 2 aromatic carbocycles. The number of hydrogen-bond acceptors (Lipinski definition) is 6. The zero-order valence-electron chi connectivity index (χ0n) is 19.5. The Labute approximate surface area is 206 Å². The van der Waals surface area contributed by atoms with Gasteiger partial charge in [0.2, 0.25) is 5.91 Å². The van der Waals surface area contributed by atoms with E-state index >= 15 is 0 Å².